The number of nitrogens with zero attached hydrogens (tertiary/aromatic N) is 5. The fourth-order valence-corrected chi connectivity index (χ4v) is 3.29. The Bertz CT molecular complexity index is 968. The van der Waals surface area contributed by atoms with Crippen LogP contribution in [0, 0.1) is 6.92 Å². The first-order valence-electron chi connectivity index (χ1n) is 8.50. The zero-order valence-corrected chi connectivity index (χ0v) is 17.2. The molecule has 0 spiro atoms. The van der Waals surface area contributed by atoms with Crippen LogP contribution in [-0.4, -0.2) is 40.2 Å². The Morgan fingerprint density at radius 3 is 2.67 bits per heavy atom. The summed E-state index contributed by atoms with van der Waals surface area (Å²) < 4.78 is 2.55. The van der Waals surface area contributed by atoms with Crippen LogP contribution in [0.4, 0.5) is 5.69 Å². The topological polar surface area (TPSA) is 75.9 Å². The van der Waals surface area contributed by atoms with Gasteiger partial charge in [0.25, 0.3) is 5.91 Å². The molecule has 3 aromatic rings. The van der Waals surface area contributed by atoms with E-state index in [1.165, 1.54) is 0 Å². The fraction of sp³-hybridized carbons (Fsp3) is 0.263. The summed E-state index contributed by atoms with van der Waals surface area (Å²) in [5.74, 6) is 0.391. The zero-order valence-electron chi connectivity index (χ0n) is 15.6. The fourth-order valence-electron chi connectivity index (χ4n) is 2.90. The van der Waals surface area contributed by atoms with Crippen molar-refractivity contribution in [1.29, 1.82) is 0 Å². The zero-order chi connectivity index (χ0) is 19.6. The molecule has 1 heterocycles. The summed E-state index contributed by atoms with van der Waals surface area (Å²) >= 11 is 3.45. The van der Waals surface area contributed by atoms with Gasteiger partial charge in [-0.15, -0.1) is 5.10 Å². The minimum atomic E-state index is -0.361. The average Bonchev–Trinajstić information content (AvgIpc) is 3.11. The number of tetrazole rings is 1. The van der Waals surface area contributed by atoms with E-state index in [0.29, 0.717) is 11.4 Å². The van der Waals surface area contributed by atoms with Gasteiger partial charge < -0.3 is 10.2 Å². The van der Waals surface area contributed by atoms with Gasteiger partial charge in [-0.1, -0.05) is 22.0 Å². The average molecular weight is 429 g/mol. The second kappa shape index (κ2) is 7.87. The van der Waals surface area contributed by atoms with Crippen LogP contribution in [-0.2, 0) is 0 Å². The second-order valence-electron chi connectivity index (χ2n) is 6.52. The van der Waals surface area contributed by atoms with Crippen molar-refractivity contribution in [3.63, 3.8) is 0 Å². The van der Waals surface area contributed by atoms with Crippen molar-refractivity contribution < 1.29 is 4.79 Å². The smallest absolute Gasteiger partial charge is 0.251 e. The molecule has 2 aromatic carbocycles. The monoisotopic (exact) mass is 428 g/mol. The maximum Gasteiger partial charge on any atom is 0.251 e. The lowest BCUT2D eigenvalue weighted by Gasteiger charge is -2.17. The largest absolute Gasteiger partial charge is 0.377 e. The van der Waals surface area contributed by atoms with E-state index in [1.54, 1.807) is 4.68 Å². The first kappa shape index (κ1) is 19.0. The van der Waals surface area contributed by atoms with Crippen LogP contribution in [0.3, 0.4) is 0 Å². The van der Waals surface area contributed by atoms with Gasteiger partial charge in [-0.25, -0.2) is 0 Å². The van der Waals surface area contributed by atoms with E-state index in [4.69, 9.17) is 0 Å². The van der Waals surface area contributed by atoms with Crippen LogP contribution in [0.15, 0.2) is 46.9 Å². The van der Waals surface area contributed by atoms with E-state index < -0.39 is 0 Å². The predicted octanol–water partition coefficient (Wildman–Crippen LogP) is 3.29. The van der Waals surface area contributed by atoms with Crippen LogP contribution in [0.2, 0.25) is 0 Å². The number of carbonyl (C=O) groups excluding carboxylic acids is 1. The van der Waals surface area contributed by atoms with E-state index in [9.17, 15) is 4.79 Å². The van der Waals surface area contributed by atoms with Crippen LogP contribution in [0.1, 0.15) is 34.7 Å². The first-order valence-corrected chi connectivity index (χ1v) is 9.29. The van der Waals surface area contributed by atoms with E-state index in [0.717, 1.165) is 21.4 Å². The van der Waals surface area contributed by atoms with E-state index in [-0.39, 0.29) is 11.9 Å². The molecule has 3 rings (SSSR count). The maximum absolute atomic E-state index is 12.7. The Hall–Kier alpha value is -2.74. The number of carbonyl (C=O) groups is 1. The lowest BCUT2D eigenvalue weighted by Crippen LogP contribution is -2.29. The second-order valence-corrected chi connectivity index (χ2v) is 7.44. The van der Waals surface area contributed by atoms with Crippen molar-refractivity contribution in [2.75, 3.05) is 19.0 Å². The Kier molecular flexibility index (Phi) is 5.55. The van der Waals surface area contributed by atoms with Gasteiger partial charge in [-0.05, 0) is 66.2 Å². The number of benzene rings is 2. The number of aromatic nitrogens is 4. The van der Waals surface area contributed by atoms with E-state index >= 15 is 0 Å². The molecule has 27 heavy (non-hydrogen) atoms. The molecular formula is C19H21BrN6O. The van der Waals surface area contributed by atoms with Crippen molar-refractivity contribution in [2.24, 2.45) is 0 Å². The molecular weight excluding hydrogens is 408 g/mol. The summed E-state index contributed by atoms with van der Waals surface area (Å²) in [6, 6.07) is 12.9. The van der Waals surface area contributed by atoms with Gasteiger partial charge in [0.2, 0.25) is 0 Å². The Labute approximate surface area is 166 Å². The first-order chi connectivity index (χ1) is 12.9. The lowest BCUT2D eigenvalue weighted by molar-refractivity contribution is 0.0938. The molecule has 7 nitrogen and oxygen atoms in total. The van der Waals surface area contributed by atoms with Crippen molar-refractivity contribution in [3.05, 3.63) is 63.9 Å². The normalized spacial score (nSPS) is 11.9. The third kappa shape index (κ3) is 4.16. The van der Waals surface area contributed by atoms with Gasteiger partial charge in [-0.3, -0.25) is 4.79 Å². The third-order valence-corrected chi connectivity index (χ3v) is 4.72. The summed E-state index contributed by atoms with van der Waals surface area (Å²) in [5, 5.41) is 14.9. The Morgan fingerprint density at radius 1 is 1.22 bits per heavy atom. The number of amides is 1. The number of anilines is 1. The van der Waals surface area contributed by atoms with Crippen LogP contribution < -0.4 is 10.2 Å². The highest BCUT2D eigenvalue weighted by Crippen LogP contribution is 2.21. The molecule has 1 N–H and O–H groups in total. The molecule has 1 amide bonds. The molecule has 0 radical (unpaired) electrons. The van der Waals surface area contributed by atoms with Gasteiger partial charge in [0, 0.05) is 29.8 Å². The molecule has 0 saturated carbocycles. The van der Waals surface area contributed by atoms with Crippen LogP contribution in [0.25, 0.3) is 5.69 Å². The van der Waals surface area contributed by atoms with Gasteiger partial charge >= 0.3 is 0 Å². The molecule has 1 unspecified atom stereocenters. The lowest BCUT2D eigenvalue weighted by atomic mass is 10.1. The summed E-state index contributed by atoms with van der Waals surface area (Å²) in [6.45, 7) is 3.85. The summed E-state index contributed by atoms with van der Waals surface area (Å²) in [5.41, 5.74) is 3.54. The van der Waals surface area contributed by atoms with Gasteiger partial charge in [0.15, 0.2) is 5.82 Å². The summed E-state index contributed by atoms with van der Waals surface area (Å²) in [7, 11) is 3.96. The molecule has 1 aromatic heterocycles. The molecule has 140 valence electrons. The van der Waals surface area contributed by atoms with Gasteiger partial charge in [0.05, 0.1) is 11.7 Å². The number of hydrogen-bond donors (Lipinski definition) is 1. The number of hydrogen-bond acceptors (Lipinski definition) is 5. The molecule has 8 heteroatoms. The molecule has 0 aliphatic heterocycles. The molecule has 0 saturated heterocycles. The summed E-state index contributed by atoms with van der Waals surface area (Å²) in [6.07, 6.45) is 0. The molecule has 0 fully saturated rings. The Balaban J connectivity index is 1.80. The predicted molar refractivity (Wildman–Crippen MR) is 108 cm³/mol. The van der Waals surface area contributed by atoms with Crippen molar-refractivity contribution >= 4 is 27.5 Å². The Morgan fingerprint density at radius 2 is 2.00 bits per heavy atom. The minimum absolute atomic E-state index is 0.167. The summed E-state index contributed by atoms with van der Waals surface area (Å²) in [4.78, 5) is 14.7. The number of rotatable bonds is 5. The SMILES string of the molecule is Cc1cc(C(=O)NC(C)c2nnnn2-c2cccc(Br)c2)ccc1N(C)C. The van der Waals surface area contributed by atoms with E-state index in [1.807, 2.05) is 75.3 Å². The standard InChI is InChI=1S/C19H21BrN6O/c1-12-10-14(8-9-17(12)25(3)4)19(27)21-13(2)18-22-23-24-26(18)16-7-5-6-15(20)11-16/h5-11,13H,1-4H3,(H,21,27). The van der Waals surface area contributed by atoms with E-state index in [2.05, 4.69) is 36.8 Å². The number of nitrogens with one attached hydrogen (secondary N) is 1. The highest BCUT2D eigenvalue weighted by molar-refractivity contribution is 9.10. The van der Waals surface area contributed by atoms with Crippen molar-refractivity contribution in [2.45, 2.75) is 19.9 Å². The highest BCUT2D eigenvalue weighted by Gasteiger charge is 2.19. The minimum Gasteiger partial charge on any atom is -0.377 e. The van der Waals surface area contributed by atoms with Crippen molar-refractivity contribution in [1.82, 2.24) is 25.5 Å². The number of halogens is 1. The van der Waals surface area contributed by atoms with Gasteiger partial charge in [0.1, 0.15) is 0 Å². The number of aryl methyl sites for hydroxylation is 1. The molecule has 1 atom stereocenters. The quantitative estimate of drug-likeness (QED) is 0.674. The molecule has 0 aliphatic rings. The van der Waals surface area contributed by atoms with Crippen molar-refractivity contribution in [3.8, 4) is 5.69 Å². The van der Waals surface area contributed by atoms with Crippen LogP contribution >= 0.6 is 15.9 Å². The maximum atomic E-state index is 12.7. The van der Waals surface area contributed by atoms with Crippen LogP contribution in [0.5, 0.6) is 0 Å². The molecule has 0 bridgehead atoms. The highest BCUT2D eigenvalue weighted by atomic mass is 79.9. The molecule has 0 aliphatic carbocycles. The van der Waals surface area contributed by atoms with Gasteiger partial charge in [-0.2, -0.15) is 4.68 Å². The third-order valence-electron chi connectivity index (χ3n) is 4.22.